The fraction of sp³-hybridized carbons (Fsp3) is 0.333. The van der Waals surface area contributed by atoms with Crippen molar-refractivity contribution in [1.82, 2.24) is 4.98 Å². The molecule has 12 heteroatoms. The highest BCUT2D eigenvalue weighted by Gasteiger charge is 2.24. The average molecular weight is 647 g/mol. The van der Waals surface area contributed by atoms with Gasteiger partial charge in [0.2, 0.25) is 5.13 Å². The van der Waals surface area contributed by atoms with Gasteiger partial charge < -0.3 is 19.1 Å². The molecule has 234 valence electrons. The Morgan fingerprint density at radius 2 is 1.76 bits per heavy atom. The number of azo groups is 1. The lowest BCUT2D eigenvalue weighted by molar-refractivity contribution is -0.143. The summed E-state index contributed by atoms with van der Waals surface area (Å²) in [7, 11) is 0. The number of unbranched alkanes of at least 4 members (excludes halogenated alkanes) is 1. The number of rotatable bonds is 13. The van der Waals surface area contributed by atoms with Crippen molar-refractivity contribution in [3.63, 3.8) is 0 Å². The summed E-state index contributed by atoms with van der Waals surface area (Å²) in [6, 6.07) is 13.9. The number of hydrogen-bond acceptors (Lipinski definition) is 12. The van der Waals surface area contributed by atoms with Gasteiger partial charge in [-0.1, -0.05) is 31.6 Å². The Balaban J connectivity index is 1.31. The number of ether oxygens (including phenoxy) is 3. The molecule has 0 radical (unpaired) electrons. The van der Waals surface area contributed by atoms with Crippen LogP contribution in [-0.2, 0) is 25.5 Å². The van der Waals surface area contributed by atoms with E-state index in [9.17, 15) is 14.4 Å². The molecular weight excluding hydrogens is 613 g/mol. The summed E-state index contributed by atoms with van der Waals surface area (Å²) in [5.41, 5.74) is 3.40. The van der Waals surface area contributed by atoms with E-state index in [0.717, 1.165) is 36.3 Å². The van der Waals surface area contributed by atoms with Crippen molar-refractivity contribution in [3.8, 4) is 5.75 Å². The van der Waals surface area contributed by atoms with Gasteiger partial charge in [0.25, 0.3) is 0 Å². The van der Waals surface area contributed by atoms with Gasteiger partial charge in [-0.25, -0.2) is 19.4 Å². The summed E-state index contributed by atoms with van der Waals surface area (Å²) in [6.45, 7) is 8.54. The van der Waals surface area contributed by atoms with Crippen molar-refractivity contribution in [3.05, 3.63) is 70.1 Å². The van der Waals surface area contributed by atoms with Gasteiger partial charge >= 0.3 is 17.9 Å². The van der Waals surface area contributed by atoms with Gasteiger partial charge in [0, 0.05) is 23.7 Å². The number of esters is 3. The number of hydrogen-bond donors (Lipinski definition) is 0. The van der Waals surface area contributed by atoms with Gasteiger partial charge in [-0.05, 0) is 86.4 Å². The van der Waals surface area contributed by atoms with Gasteiger partial charge in [0.15, 0.2) is 0 Å². The van der Waals surface area contributed by atoms with E-state index in [4.69, 9.17) is 14.2 Å². The van der Waals surface area contributed by atoms with Crippen LogP contribution in [0.3, 0.4) is 0 Å². The Kier molecular flexibility index (Phi) is 10.7. The second kappa shape index (κ2) is 15.0. The SMILES string of the molecule is CCCCOC(=O)/C(=C\c1cc2sc(/N=N/c3ccc4c(c3)CCN4CC)nc2s1)C(=O)Oc1ccc(C(=O)OCCC)cc1. The highest BCUT2D eigenvalue weighted by molar-refractivity contribution is 7.29. The molecule has 45 heavy (non-hydrogen) atoms. The van der Waals surface area contributed by atoms with Crippen LogP contribution in [0.1, 0.15) is 60.8 Å². The van der Waals surface area contributed by atoms with Crippen LogP contribution in [-0.4, -0.2) is 49.2 Å². The molecule has 2 aromatic carbocycles. The molecule has 5 rings (SSSR count). The topological polar surface area (TPSA) is 120 Å². The maximum atomic E-state index is 13.2. The van der Waals surface area contributed by atoms with Crippen LogP contribution in [0.25, 0.3) is 15.6 Å². The lowest BCUT2D eigenvalue weighted by atomic mass is 10.1. The van der Waals surface area contributed by atoms with Crippen LogP contribution in [0, 0.1) is 0 Å². The maximum Gasteiger partial charge on any atom is 0.351 e. The number of thiazole rings is 1. The summed E-state index contributed by atoms with van der Waals surface area (Å²) in [6.07, 6.45) is 4.67. The summed E-state index contributed by atoms with van der Waals surface area (Å²) in [4.78, 5) is 46.5. The fourth-order valence-electron chi connectivity index (χ4n) is 4.63. The van der Waals surface area contributed by atoms with E-state index in [1.165, 1.54) is 64.3 Å². The van der Waals surface area contributed by atoms with E-state index in [0.29, 0.717) is 39.9 Å². The van der Waals surface area contributed by atoms with Crippen molar-refractivity contribution < 1.29 is 28.6 Å². The van der Waals surface area contributed by atoms with Crippen molar-refractivity contribution in [1.29, 1.82) is 0 Å². The molecule has 0 fully saturated rings. The monoisotopic (exact) mass is 646 g/mol. The quantitative estimate of drug-likeness (QED) is 0.0272. The first-order valence-corrected chi connectivity index (χ1v) is 16.6. The number of thiophene rings is 1. The lowest BCUT2D eigenvalue weighted by Gasteiger charge is -2.16. The van der Waals surface area contributed by atoms with Crippen LogP contribution in [0.4, 0.5) is 16.5 Å². The van der Waals surface area contributed by atoms with Crippen LogP contribution in [0.5, 0.6) is 5.75 Å². The van der Waals surface area contributed by atoms with Crippen molar-refractivity contribution in [2.45, 2.75) is 46.5 Å². The van der Waals surface area contributed by atoms with Crippen LogP contribution in [0.2, 0.25) is 0 Å². The molecular formula is C33H34N4O6S2. The Labute approximate surface area is 269 Å². The van der Waals surface area contributed by atoms with Gasteiger partial charge in [-0.15, -0.1) is 21.6 Å². The van der Waals surface area contributed by atoms with Crippen molar-refractivity contribution in [2.24, 2.45) is 10.2 Å². The van der Waals surface area contributed by atoms with E-state index in [1.54, 1.807) is 0 Å². The number of nitrogens with zero attached hydrogens (tertiary/aromatic N) is 4. The summed E-state index contributed by atoms with van der Waals surface area (Å²) >= 11 is 2.69. The maximum absolute atomic E-state index is 13.2. The standard InChI is InChI=1S/C33H34N4O6S2/c1-4-7-17-42-31(39)26(32(40)43-24-11-8-21(9-12-24)30(38)41-16-5-2)19-25-20-28-29(44-25)34-33(45-28)36-35-23-10-13-27-22(18-23)14-15-37(27)6-3/h8-13,18-20H,4-7,14-17H2,1-3H3/b26-19+,36-35+. The first-order valence-electron chi connectivity index (χ1n) is 15.0. The summed E-state index contributed by atoms with van der Waals surface area (Å²) in [5.74, 6) is -1.93. The van der Waals surface area contributed by atoms with Crippen LogP contribution >= 0.6 is 22.7 Å². The molecule has 0 atom stereocenters. The normalized spacial score (nSPS) is 13.0. The second-order valence-electron chi connectivity index (χ2n) is 10.3. The minimum Gasteiger partial charge on any atom is -0.462 e. The molecule has 10 nitrogen and oxygen atoms in total. The Morgan fingerprint density at radius 3 is 2.49 bits per heavy atom. The first kappa shape index (κ1) is 32.0. The first-order chi connectivity index (χ1) is 21.9. The van der Waals surface area contributed by atoms with E-state index in [-0.39, 0.29) is 17.9 Å². The number of carbonyl (C=O) groups is 3. The van der Waals surface area contributed by atoms with E-state index in [1.807, 2.05) is 26.0 Å². The van der Waals surface area contributed by atoms with Crippen molar-refractivity contribution >= 4 is 72.7 Å². The highest BCUT2D eigenvalue weighted by atomic mass is 32.1. The molecule has 0 aliphatic carbocycles. The smallest absolute Gasteiger partial charge is 0.351 e. The predicted molar refractivity (Wildman–Crippen MR) is 176 cm³/mol. The minimum atomic E-state index is -0.867. The Morgan fingerprint density at radius 1 is 0.933 bits per heavy atom. The number of likely N-dealkylation sites (N-methyl/N-ethyl adjacent to an activating group) is 1. The zero-order valence-electron chi connectivity index (χ0n) is 25.4. The molecule has 2 aromatic heterocycles. The lowest BCUT2D eigenvalue weighted by Crippen LogP contribution is -2.21. The molecule has 0 spiro atoms. The molecule has 1 aliphatic heterocycles. The van der Waals surface area contributed by atoms with Gasteiger partial charge in [-0.2, -0.15) is 0 Å². The fourth-order valence-corrected chi connectivity index (χ4v) is 6.62. The number of benzene rings is 2. The van der Waals surface area contributed by atoms with Gasteiger partial charge in [0.1, 0.15) is 16.2 Å². The van der Waals surface area contributed by atoms with Gasteiger partial charge in [-0.3, -0.25) is 0 Å². The number of carbonyl (C=O) groups excluding carboxylic acids is 3. The number of aromatic nitrogens is 1. The number of fused-ring (bicyclic) bond motifs is 2. The molecule has 0 bridgehead atoms. The van der Waals surface area contributed by atoms with Crippen molar-refractivity contribution in [2.75, 3.05) is 31.2 Å². The largest absolute Gasteiger partial charge is 0.462 e. The van der Waals surface area contributed by atoms with Gasteiger partial charge in [0.05, 0.1) is 29.2 Å². The highest BCUT2D eigenvalue weighted by Crippen LogP contribution is 2.37. The summed E-state index contributed by atoms with van der Waals surface area (Å²) in [5, 5.41) is 9.27. The Hall–Kier alpha value is -4.42. The molecule has 4 aromatic rings. The number of anilines is 1. The molecule has 0 saturated heterocycles. The zero-order valence-corrected chi connectivity index (χ0v) is 27.0. The summed E-state index contributed by atoms with van der Waals surface area (Å²) < 4.78 is 16.8. The molecule has 0 N–H and O–H groups in total. The van der Waals surface area contributed by atoms with Crippen LogP contribution in [0.15, 0.2) is 64.3 Å². The molecule has 0 saturated carbocycles. The van der Waals surface area contributed by atoms with Crippen LogP contribution < -0.4 is 9.64 Å². The van der Waals surface area contributed by atoms with E-state index < -0.39 is 17.9 Å². The third-order valence-corrected chi connectivity index (χ3v) is 8.97. The minimum absolute atomic E-state index is 0.175. The second-order valence-corrected chi connectivity index (χ2v) is 12.3. The third kappa shape index (κ3) is 8.00. The predicted octanol–water partition coefficient (Wildman–Crippen LogP) is 8.05. The molecule has 0 unspecified atom stereocenters. The molecule has 3 heterocycles. The van der Waals surface area contributed by atoms with E-state index in [2.05, 4.69) is 39.2 Å². The molecule has 0 amide bonds. The zero-order chi connectivity index (χ0) is 31.8. The van der Waals surface area contributed by atoms with E-state index >= 15 is 0 Å². The third-order valence-electron chi connectivity index (χ3n) is 6.98. The Bertz CT molecular complexity index is 1710. The average Bonchev–Trinajstić information content (AvgIpc) is 3.74. The molecule has 1 aliphatic rings.